The van der Waals surface area contributed by atoms with Gasteiger partial charge < -0.3 is 4.74 Å². The van der Waals surface area contributed by atoms with Crippen molar-refractivity contribution in [1.82, 2.24) is 4.90 Å². The van der Waals surface area contributed by atoms with E-state index in [1.807, 2.05) is 81.4 Å². The Bertz CT molecular complexity index is 896. The highest BCUT2D eigenvalue weighted by Gasteiger charge is 2.25. The number of hydrogen-bond donors (Lipinski definition) is 0. The summed E-state index contributed by atoms with van der Waals surface area (Å²) in [7, 11) is 5.12. The van der Waals surface area contributed by atoms with Crippen LogP contribution in [0.5, 0.6) is 0 Å². The summed E-state index contributed by atoms with van der Waals surface area (Å²) in [6.45, 7) is 4.07. The number of methoxy groups -OCH3 is 1. The van der Waals surface area contributed by atoms with E-state index >= 15 is 0 Å². The molecule has 0 saturated carbocycles. The molecule has 2 rings (SSSR count). The molecule has 0 unspecified atom stereocenters. The van der Waals surface area contributed by atoms with Crippen LogP contribution < -0.4 is 0 Å². The molecule has 0 amide bonds. The lowest BCUT2D eigenvalue weighted by molar-refractivity contribution is -0.134. The summed E-state index contributed by atoms with van der Waals surface area (Å²) in [6, 6.07) is 16.0. The predicted octanol–water partition coefficient (Wildman–Crippen LogP) is 3.74. The van der Waals surface area contributed by atoms with Crippen LogP contribution in [0.4, 0.5) is 0 Å². The van der Waals surface area contributed by atoms with Crippen LogP contribution in [-0.2, 0) is 9.53 Å². The van der Waals surface area contributed by atoms with Crippen LogP contribution in [0.25, 0.3) is 0 Å². The van der Waals surface area contributed by atoms with Crippen molar-refractivity contribution in [3.8, 4) is 23.7 Å². The van der Waals surface area contributed by atoms with Crippen LogP contribution in [0.15, 0.2) is 60.7 Å². The van der Waals surface area contributed by atoms with Gasteiger partial charge in [0.1, 0.15) is 0 Å². The molecule has 3 heteroatoms. The lowest BCUT2D eigenvalue weighted by Crippen LogP contribution is -2.40. The number of benzene rings is 2. The number of carbonyl (C=O) groups is 1. The number of rotatable bonds is 3. The summed E-state index contributed by atoms with van der Waals surface area (Å²) < 4.78 is 4.74. The Morgan fingerprint density at radius 3 is 1.68 bits per heavy atom. The Kier molecular flexibility index (Phi) is 7.21. The van der Waals surface area contributed by atoms with Crippen molar-refractivity contribution in [2.45, 2.75) is 19.4 Å². The molecule has 0 radical (unpaired) electrons. The summed E-state index contributed by atoms with van der Waals surface area (Å²) >= 11 is 0. The van der Waals surface area contributed by atoms with Gasteiger partial charge in [-0.2, -0.15) is 0 Å². The maximum absolute atomic E-state index is 11.7. The molecule has 0 atom stereocenters. The molecule has 142 valence electrons. The number of hydrogen-bond acceptors (Lipinski definition) is 3. The van der Waals surface area contributed by atoms with E-state index in [9.17, 15) is 4.79 Å². The second-order valence-corrected chi connectivity index (χ2v) is 6.75. The highest BCUT2D eigenvalue weighted by Crippen LogP contribution is 2.15. The Balaban J connectivity index is 2.52. The first-order valence-electron chi connectivity index (χ1n) is 8.99. The summed E-state index contributed by atoms with van der Waals surface area (Å²) in [5, 5.41) is 0. The molecule has 0 spiro atoms. The highest BCUT2D eigenvalue weighted by molar-refractivity contribution is 5.82. The van der Waals surface area contributed by atoms with Gasteiger partial charge in [0, 0.05) is 17.2 Å². The molecule has 0 bridgehead atoms. The highest BCUT2D eigenvalue weighted by atomic mass is 16.5. The molecule has 0 N–H and O–H groups in total. The van der Waals surface area contributed by atoms with Crippen molar-refractivity contribution in [2.24, 2.45) is 0 Å². The molecule has 0 aliphatic carbocycles. The zero-order chi connectivity index (χ0) is 20.6. The molecule has 3 nitrogen and oxygen atoms in total. The topological polar surface area (TPSA) is 29.5 Å². The van der Waals surface area contributed by atoms with Gasteiger partial charge in [-0.15, -0.1) is 0 Å². The number of ether oxygens (including phenoxy) is 1. The Morgan fingerprint density at radius 1 is 0.893 bits per heavy atom. The first kappa shape index (κ1) is 21.0. The van der Waals surface area contributed by atoms with Crippen LogP contribution in [0.3, 0.4) is 0 Å². The van der Waals surface area contributed by atoms with Crippen LogP contribution in [-0.4, -0.2) is 37.6 Å². The zero-order valence-corrected chi connectivity index (χ0v) is 17.0. The fourth-order valence-electron chi connectivity index (χ4n) is 2.35. The standard InChI is InChI=1S/C25H25NO2/c1-20-6-10-22(11-7-20)14-17-25(26(3)4,19-16-24(27)28-5)18-15-23-12-8-21(2)9-13-23/h6-13,16,19H,1-5H3/b19-16+. The van der Waals surface area contributed by atoms with E-state index in [0.717, 1.165) is 11.1 Å². The maximum Gasteiger partial charge on any atom is 0.330 e. The van der Waals surface area contributed by atoms with E-state index < -0.39 is 11.5 Å². The van der Waals surface area contributed by atoms with Gasteiger partial charge in [-0.25, -0.2) is 4.79 Å². The van der Waals surface area contributed by atoms with Crippen molar-refractivity contribution in [2.75, 3.05) is 21.2 Å². The molecule has 0 aliphatic heterocycles. The van der Waals surface area contributed by atoms with Gasteiger partial charge in [0.2, 0.25) is 0 Å². The van der Waals surface area contributed by atoms with Crippen LogP contribution in [0, 0.1) is 37.5 Å². The van der Waals surface area contributed by atoms with Crippen molar-refractivity contribution in [1.29, 1.82) is 0 Å². The van der Waals surface area contributed by atoms with E-state index in [1.165, 1.54) is 24.3 Å². The van der Waals surface area contributed by atoms with E-state index in [4.69, 9.17) is 4.74 Å². The van der Waals surface area contributed by atoms with Gasteiger partial charge >= 0.3 is 5.97 Å². The molecular formula is C25H25NO2. The first-order chi connectivity index (χ1) is 13.3. The maximum atomic E-state index is 11.7. The van der Waals surface area contributed by atoms with Crippen molar-refractivity contribution in [3.05, 3.63) is 82.9 Å². The molecule has 0 fully saturated rings. The third-order valence-corrected chi connectivity index (χ3v) is 4.27. The van der Waals surface area contributed by atoms with Crippen molar-refractivity contribution in [3.63, 3.8) is 0 Å². The van der Waals surface area contributed by atoms with E-state index in [2.05, 4.69) is 23.7 Å². The quantitative estimate of drug-likeness (QED) is 0.468. The number of nitrogens with zero attached hydrogens (tertiary/aromatic N) is 1. The monoisotopic (exact) mass is 371 g/mol. The Morgan fingerprint density at radius 2 is 1.32 bits per heavy atom. The summed E-state index contributed by atoms with van der Waals surface area (Å²) in [5.74, 6) is 12.4. The minimum absolute atomic E-state index is 0.444. The molecular weight excluding hydrogens is 346 g/mol. The van der Waals surface area contributed by atoms with Crippen LogP contribution in [0.2, 0.25) is 0 Å². The fourth-order valence-corrected chi connectivity index (χ4v) is 2.35. The van der Waals surface area contributed by atoms with Gasteiger partial charge in [0.25, 0.3) is 0 Å². The molecule has 28 heavy (non-hydrogen) atoms. The second kappa shape index (κ2) is 9.60. The molecule has 0 aromatic heterocycles. The third-order valence-electron chi connectivity index (χ3n) is 4.27. The Labute approximate surface area is 168 Å². The first-order valence-corrected chi connectivity index (χ1v) is 8.99. The van der Waals surface area contributed by atoms with Gasteiger partial charge in [0.15, 0.2) is 5.54 Å². The molecule has 0 heterocycles. The SMILES string of the molecule is COC(=O)/C=C/C(C#Cc1ccc(C)cc1)(C#Cc1ccc(C)cc1)N(C)C. The Hall–Kier alpha value is -3.27. The van der Waals surface area contributed by atoms with Gasteiger partial charge in [-0.3, -0.25) is 4.90 Å². The minimum atomic E-state index is -0.941. The molecule has 2 aromatic carbocycles. The van der Waals surface area contributed by atoms with Crippen molar-refractivity contribution < 1.29 is 9.53 Å². The number of aryl methyl sites for hydroxylation is 2. The van der Waals surface area contributed by atoms with Crippen LogP contribution in [0.1, 0.15) is 22.3 Å². The minimum Gasteiger partial charge on any atom is -0.466 e. The predicted molar refractivity (Wildman–Crippen MR) is 114 cm³/mol. The molecule has 0 aliphatic rings. The van der Waals surface area contributed by atoms with E-state index in [0.29, 0.717) is 0 Å². The number of esters is 1. The lowest BCUT2D eigenvalue weighted by Gasteiger charge is -2.26. The van der Waals surface area contributed by atoms with E-state index in [1.54, 1.807) is 6.08 Å². The van der Waals surface area contributed by atoms with Gasteiger partial charge in [0.05, 0.1) is 7.11 Å². The van der Waals surface area contributed by atoms with Gasteiger partial charge in [-0.05, 0) is 58.3 Å². The average molecular weight is 371 g/mol. The third kappa shape index (κ3) is 5.88. The van der Waals surface area contributed by atoms with Gasteiger partial charge in [-0.1, -0.05) is 59.1 Å². The summed E-state index contributed by atoms with van der Waals surface area (Å²) in [4.78, 5) is 13.6. The molecule has 0 saturated heterocycles. The largest absolute Gasteiger partial charge is 0.466 e. The van der Waals surface area contributed by atoms with E-state index in [-0.39, 0.29) is 0 Å². The van der Waals surface area contributed by atoms with Crippen LogP contribution >= 0.6 is 0 Å². The number of carbonyl (C=O) groups excluding carboxylic acids is 1. The fraction of sp³-hybridized carbons (Fsp3) is 0.240. The number of likely N-dealkylation sites (N-methyl/N-ethyl adjacent to an activating group) is 1. The second-order valence-electron chi connectivity index (χ2n) is 6.75. The normalized spacial score (nSPS) is 10.8. The zero-order valence-electron chi connectivity index (χ0n) is 17.0. The molecule has 2 aromatic rings. The summed E-state index contributed by atoms with van der Waals surface area (Å²) in [6.07, 6.45) is 3.05. The smallest absolute Gasteiger partial charge is 0.330 e. The summed E-state index contributed by atoms with van der Waals surface area (Å²) in [5.41, 5.74) is 3.19. The van der Waals surface area contributed by atoms with Crippen molar-refractivity contribution >= 4 is 5.97 Å². The lowest BCUT2D eigenvalue weighted by atomic mass is 9.97. The average Bonchev–Trinajstić information content (AvgIpc) is 2.69.